The van der Waals surface area contributed by atoms with E-state index in [4.69, 9.17) is 21.1 Å². The minimum absolute atomic E-state index is 0.0868. The van der Waals surface area contributed by atoms with Gasteiger partial charge in [0, 0.05) is 29.6 Å². The summed E-state index contributed by atoms with van der Waals surface area (Å²) >= 11 is 9.23. The highest BCUT2D eigenvalue weighted by Gasteiger charge is 2.46. The zero-order chi connectivity index (χ0) is 30.2. The number of amides is 2. The first-order valence-corrected chi connectivity index (χ1v) is 16.3. The smallest absolute Gasteiger partial charge is 0.257 e. The van der Waals surface area contributed by atoms with Crippen LogP contribution in [0.5, 0.6) is 11.5 Å². The van der Waals surface area contributed by atoms with Gasteiger partial charge in [-0.1, -0.05) is 78.3 Å². The summed E-state index contributed by atoms with van der Waals surface area (Å²) in [4.78, 5) is 32.3. The van der Waals surface area contributed by atoms with Crippen molar-refractivity contribution in [2.75, 3.05) is 14.2 Å². The first-order chi connectivity index (χ1) is 20.9. The average molecular weight is 633 g/mol. The quantitative estimate of drug-likeness (QED) is 0.164. The third-order valence-corrected chi connectivity index (χ3v) is 9.91. The van der Waals surface area contributed by atoms with E-state index < -0.39 is 10.7 Å². The molecule has 1 saturated heterocycles. The molecule has 0 aromatic heterocycles. The molecule has 1 heterocycles. The summed E-state index contributed by atoms with van der Waals surface area (Å²) in [6.07, 6.45) is 0. The zero-order valence-corrected chi connectivity index (χ0v) is 26.4. The molecular formula is C34H33ClN2O4S2. The topological polar surface area (TPSA) is 59.1 Å². The Balaban J connectivity index is 1.45. The van der Waals surface area contributed by atoms with Gasteiger partial charge in [-0.25, -0.2) is 0 Å². The fourth-order valence-corrected chi connectivity index (χ4v) is 7.40. The molecule has 2 atom stereocenters. The SMILES string of the molecule is COc1ccc(CSC2C(=O)N(Cc3cccc(Cl)c3)C(SCc3ccc(OC)cc3)C(=O)N2Cc2ccccc2)cc1. The summed E-state index contributed by atoms with van der Waals surface area (Å²) in [5, 5.41) is -0.797. The first kappa shape index (κ1) is 30.9. The average Bonchev–Trinajstić information content (AvgIpc) is 3.04. The van der Waals surface area contributed by atoms with Gasteiger partial charge in [-0.2, -0.15) is 0 Å². The molecule has 4 aromatic rings. The van der Waals surface area contributed by atoms with Gasteiger partial charge in [0.05, 0.1) is 14.2 Å². The summed E-state index contributed by atoms with van der Waals surface area (Å²) in [5.41, 5.74) is 3.93. The molecule has 0 spiro atoms. The van der Waals surface area contributed by atoms with Crippen molar-refractivity contribution in [2.24, 2.45) is 0 Å². The normalized spacial score (nSPS) is 16.8. The molecule has 222 valence electrons. The van der Waals surface area contributed by atoms with Crippen LogP contribution in [0.3, 0.4) is 0 Å². The molecule has 0 saturated carbocycles. The molecule has 6 nitrogen and oxygen atoms in total. The van der Waals surface area contributed by atoms with Crippen molar-refractivity contribution >= 4 is 46.9 Å². The Bertz CT molecular complexity index is 1520. The molecule has 0 N–H and O–H groups in total. The van der Waals surface area contributed by atoms with Crippen molar-refractivity contribution < 1.29 is 19.1 Å². The molecule has 1 aliphatic heterocycles. The van der Waals surface area contributed by atoms with Gasteiger partial charge in [0.1, 0.15) is 11.5 Å². The van der Waals surface area contributed by atoms with Crippen LogP contribution in [0.25, 0.3) is 0 Å². The summed E-state index contributed by atoms with van der Waals surface area (Å²) in [6.45, 7) is 0.625. The second kappa shape index (κ2) is 14.7. The van der Waals surface area contributed by atoms with Crippen LogP contribution in [0.2, 0.25) is 5.02 Å². The lowest BCUT2D eigenvalue weighted by Crippen LogP contribution is -2.62. The van der Waals surface area contributed by atoms with Gasteiger partial charge in [-0.15, -0.1) is 23.5 Å². The van der Waals surface area contributed by atoms with E-state index in [1.54, 1.807) is 30.1 Å². The van der Waals surface area contributed by atoms with Crippen LogP contribution in [0.4, 0.5) is 0 Å². The van der Waals surface area contributed by atoms with Gasteiger partial charge >= 0.3 is 0 Å². The maximum Gasteiger partial charge on any atom is 0.257 e. The monoisotopic (exact) mass is 632 g/mol. The van der Waals surface area contributed by atoms with Crippen molar-refractivity contribution in [1.82, 2.24) is 9.80 Å². The Morgan fingerprint density at radius 1 is 0.605 bits per heavy atom. The summed E-state index contributed by atoms with van der Waals surface area (Å²) < 4.78 is 10.6. The minimum atomic E-state index is -0.699. The van der Waals surface area contributed by atoms with Crippen LogP contribution in [0.15, 0.2) is 103 Å². The summed E-state index contributed by atoms with van der Waals surface area (Å²) in [6, 6.07) is 32.8. The van der Waals surface area contributed by atoms with E-state index >= 15 is 0 Å². The maximum atomic E-state index is 14.4. The van der Waals surface area contributed by atoms with E-state index in [0.29, 0.717) is 23.1 Å². The second-order valence-electron chi connectivity index (χ2n) is 10.1. The first-order valence-electron chi connectivity index (χ1n) is 13.8. The van der Waals surface area contributed by atoms with Crippen LogP contribution in [0, 0.1) is 0 Å². The van der Waals surface area contributed by atoms with E-state index in [1.807, 2.05) is 97.1 Å². The van der Waals surface area contributed by atoms with Crippen LogP contribution in [-0.4, -0.2) is 46.6 Å². The van der Waals surface area contributed by atoms with Crippen LogP contribution >= 0.6 is 35.1 Å². The molecule has 0 aliphatic carbocycles. The molecule has 0 bridgehead atoms. The number of rotatable bonds is 12. The highest BCUT2D eigenvalue weighted by molar-refractivity contribution is 8.00. The number of benzene rings is 4. The number of nitrogens with zero attached hydrogens (tertiary/aromatic N) is 2. The van der Waals surface area contributed by atoms with E-state index in [-0.39, 0.29) is 18.4 Å². The Kier molecular flexibility index (Phi) is 10.6. The number of ether oxygens (including phenoxy) is 2. The Hall–Kier alpha value is -3.59. The highest BCUT2D eigenvalue weighted by Crippen LogP contribution is 2.36. The Morgan fingerprint density at radius 3 is 1.53 bits per heavy atom. The fraction of sp³-hybridized carbons (Fsp3) is 0.235. The third kappa shape index (κ3) is 7.88. The van der Waals surface area contributed by atoms with Crippen molar-refractivity contribution in [3.63, 3.8) is 0 Å². The Morgan fingerprint density at radius 2 is 1.07 bits per heavy atom. The number of piperazine rings is 1. The number of hydrogen-bond donors (Lipinski definition) is 0. The number of methoxy groups -OCH3 is 2. The molecule has 4 aromatic carbocycles. The molecular weight excluding hydrogens is 600 g/mol. The van der Waals surface area contributed by atoms with Crippen molar-refractivity contribution in [1.29, 1.82) is 0 Å². The second-order valence-corrected chi connectivity index (χ2v) is 12.6. The number of carbonyl (C=O) groups excluding carboxylic acids is 2. The van der Waals surface area contributed by atoms with E-state index in [9.17, 15) is 9.59 Å². The van der Waals surface area contributed by atoms with Gasteiger partial charge in [0.15, 0.2) is 10.7 Å². The van der Waals surface area contributed by atoms with E-state index in [1.165, 1.54) is 23.5 Å². The molecule has 0 radical (unpaired) electrons. The standard InChI is InChI=1S/C34H33ClN2O4S2/c1-40-29-15-11-25(12-16-29)22-42-33-32(39)37(21-27-9-6-10-28(35)19-27)34(43-23-26-13-17-30(41-2)18-14-26)31(38)36(33)20-24-7-4-3-5-8-24/h3-19,33-34H,20-23H2,1-2H3. The largest absolute Gasteiger partial charge is 0.497 e. The van der Waals surface area contributed by atoms with Crippen molar-refractivity contribution in [3.8, 4) is 11.5 Å². The van der Waals surface area contributed by atoms with E-state index in [0.717, 1.165) is 33.8 Å². The lowest BCUT2D eigenvalue weighted by atomic mass is 10.1. The van der Waals surface area contributed by atoms with Crippen molar-refractivity contribution in [3.05, 3.63) is 130 Å². The van der Waals surface area contributed by atoms with Crippen LogP contribution in [-0.2, 0) is 34.2 Å². The molecule has 2 amide bonds. The molecule has 2 unspecified atom stereocenters. The number of halogens is 1. The fourth-order valence-electron chi connectivity index (χ4n) is 4.83. The molecule has 5 rings (SSSR count). The predicted molar refractivity (Wildman–Crippen MR) is 175 cm³/mol. The number of hydrogen-bond acceptors (Lipinski definition) is 6. The summed E-state index contributed by atoms with van der Waals surface area (Å²) in [5.74, 6) is 2.48. The molecule has 9 heteroatoms. The lowest BCUT2D eigenvalue weighted by Gasteiger charge is -2.44. The van der Waals surface area contributed by atoms with Crippen LogP contribution in [0.1, 0.15) is 22.3 Å². The number of carbonyl (C=O) groups is 2. The lowest BCUT2D eigenvalue weighted by molar-refractivity contribution is -0.154. The molecule has 43 heavy (non-hydrogen) atoms. The van der Waals surface area contributed by atoms with Crippen molar-refractivity contribution in [2.45, 2.75) is 35.3 Å². The maximum absolute atomic E-state index is 14.4. The van der Waals surface area contributed by atoms with E-state index in [2.05, 4.69) is 0 Å². The predicted octanol–water partition coefficient (Wildman–Crippen LogP) is 7.25. The Labute approximate surface area is 266 Å². The highest BCUT2D eigenvalue weighted by atomic mass is 35.5. The van der Waals surface area contributed by atoms with Crippen LogP contribution < -0.4 is 9.47 Å². The third-order valence-electron chi connectivity index (χ3n) is 7.13. The van der Waals surface area contributed by atoms with Gasteiger partial charge in [0.2, 0.25) is 0 Å². The minimum Gasteiger partial charge on any atom is -0.497 e. The van der Waals surface area contributed by atoms with Gasteiger partial charge in [0.25, 0.3) is 11.8 Å². The van der Waals surface area contributed by atoms with Gasteiger partial charge < -0.3 is 19.3 Å². The van der Waals surface area contributed by atoms with Gasteiger partial charge in [-0.05, 0) is 58.7 Å². The zero-order valence-electron chi connectivity index (χ0n) is 24.0. The summed E-state index contributed by atoms with van der Waals surface area (Å²) in [7, 11) is 3.27. The van der Waals surface area contributed by atoms with Gasteiger partial charge in [-0.3, -0.25) is 9.59 Å². The molecule has 1 aliphatic rings. The molecule has 1 fully saturated rings. The number of thioether (sulfide) groups is 2.